The Labute approximate surface area is 158 Å². The Morgan fingerprint density at radius 3 is 2.42 bits per heavy atom. The maximum absolute atomic E-state index is 12.5. The van der Waals surface area contributed by atoms with Crippen LogP contribution in [0.5, 0.6) is 5.75 Å². The van der Waals surface area contributed by atoms with Crippen LogP contribution in [0.2, 0.25) is 5.02 Å². The topological polar surface area (TPSA) is 70.7 Å². The SMILES string of the molecule is COc1ccc(Cl)cc1NC(=O)c1cccc(C(=O)NCCN(C)C)c1. The van der Waals surface area contributed by atoms with E-state index in [4.69, 9.17) is 16.3 Å². The number of halogens is 1. The molecule has 0 aliphatic rings. The molecule has 2 aromatic carbocycles. The van der Waals surface area contributed by atoms with E-state index in [1.54, 1.807) is 42.5 Å². The minimum absolute atomic E-state index is 0.221. The highest BCUT2D eigenvalue weighted by atomic mass is 35.5. The number of rotatable bonds is 7. The first kappa shape index (κ1) is 19.8. The molecule has 0 aliphatic heterocycles. The van der Waals surface area contributed by atoms with Crippen LogP contribution in [0.15, 0.2) is 42.5 Å². The van der Waals surface area contributed by atoms with E-state index in [1.165, 1.54) is 7.11 Å². The molecule has 0 heterocycles. The van der Waals surface area contributed by atoms with E-state index in [2.05, 4.69) is 10.6 Å². The van der Waals surface area contributed by atoms with Gasteiger partial charge in [-0.1, -0.05) is 17.7 Å². The first-order valence-corrected chi connectivity index (χ1v) is 8.46. The molecule has 0 aromatic heterocycles. The molecule has 138 valence electrons. The fourth-order valence-corrected chi connectivity index (χ4v) is 2.44. The fraction of sp³-hybridized carbons (Fsp3) is 0.263. The monoisotopic (exact) mass is 375 g/mol. The standard InChI is InChI=1S/C19H22ClN3O3/c1-23(2)10-9-21-18(24)13-5-4-6-14(11-13)19(25)22-16-12-15(20)7-8-17(16)26-3/h4-8,11-12H,9-10H2,1-3H3,(H,21,24)(H,22,25). The molecule has 2 rings (SSSR count). The molecular formula is C19H22ClN3O3. The van der Waals surface area contributed by atoms with Crippen molar-refractivity contribution in [3.63, 3.8) is 0 Å². The van der Waals surface area contributed by atoms with E-state index in [0.717, 1.165) is 6.54 Å². The van der Waals surface area contributed by atoms with Gasteiger partial charge in [0.05, 0.1) is 12.8 Å². The van der Waals surface area contributed by atoms with E-state index < -0.39 is 0 Å². The Morgan fingerprint density at radius 1 is 1.08 bits per heavy atom. The fourth-order valence-electron chi connectivity index (χ4n) is 2.27. The predicted octanol–water partition coefficient (Wildman–Crippen LogP) is 2.89. The second-order valence-electron chi connectivity index (χ2n) is 5.94. The quantitative estimate of drug-likeness (QED) is 0.780. The lowest BCUT2D eigenvalue weighted by molar-refractivity contribution is 0.0951. The average molecular weight is 376 g/mol. The number of methoxy groups -OCH3 is 1. The van der Waals surface area contributed by atoms with Gasteiger partial charge in [0.2, 0.25) is 0 Å². The molecule has 0 unspecified atom stereocenters. The van der Waals surface area contributed by atoms with E-state index in [9.17, 15) is 9.59 Å². The summed E-state index contributed by atoms with van der Waals surface area (Å²) in [7, 11) is 5.38. The molecule has 0 bridgehead atoms. The summed E-state index contributed by atoms with van der Waals surface area (Å²) in [5, 5.41) is 6.06. The van der Waals surface area contributed by atoms with Crippen LogP contribution < -0.4 is 15.4 Å². The zero-order chi connectivity index (χ0) is 19.1. The number of carbonyl (C=O) groups is 2. The van der Waals surface area contributed by atoms with Crippen LogP contribution in [-0.2, 0) is 0 Å². The number of amides is 2. The third-order valence-corrected chi connectivity index (χ3v) is 3.88. The molecule has 0 radical (unpaired) electrons. The molecule has 26 heavy (non-hydrogen) atoms. The molecular weight excluding hydrogens is 354 g/mol. The van der Waals surface area contributed by atoms with Crippen molar-refractivity contribution >= 4 is 29.1 Å². The lowest BCUT2D eigenvalue weighted by Gasteiger charge is -2.12. The van der Waals surface area contributed by atoms with Crippen molar-refractivity contribution in [3.05, 3.63) is 58.6 Å². The number of benzene rings is 2. The summed E-state index contributed by atoms with van der Waals surface area (Å²) in [6, 6.07) is 11.5. The highest BCUT2D eigenvalue weighted by Gasteiger charge is 2.13. The van der Waals surface area contributed by atoms with Gasteiger partial charge < -0.3 is 20.3 Å². The lowest BCUT2D eigenvalue weighted by atomic mass is 10.1. The summed E-state index contributed by atoms with van der Waals surface area (Å²) in [5.41, 5.74) is 1.26. The van der Waals surface area contributed by atoms with Gasteiger partial charge in [-0.2, -0.15) is 0 Å². The minimum atomic E-state index is -0.353. The highest BCUT2D eigenvalue weighted by Crippen LogP contribution is 2.28. The van der Waals surface area contributed by atoms with Crippen molar-refractivity contribution in [3.8, 4) is 5.75 Å². The molecule has 2 amide bonds. The number of carbonyl (C=O) groups excluding carboxylic acids is 2. The maximum Gasteiger partial charge on any atom is 0.255 e. The molecule has 0 fully saturated rings. The maximum atomic E-state index is 12.5. The third-order valence-electron chi connectivity index (χ3n) is 3.64. The van der Waals surface area contributed by atoms with Crippen LogP contribution in [0.4, 0.5) is 5.69 Å². The summed E-state index contributed by atoms with van der Waals surface area (Å²) >= 11 is 5.98. The summed E-state index contributed by atoms with van der Waals surface area (Å²) in [4.78, 5) is 26.7. The normalized spacial score (nSPS) is 10.5. The number of ether oxygens (including phenoxy) is 1. The molecule has 0 aliphatic carbocycles. The number of anilines is 1. The largest absolute Gasteiger partial charge is 0.495 e. The van der Waals surface area contributed by atoms with Crippen LogP contribution in [0.3, 0.4) is 0 Å². The number of likely N-dealkylation sites (N-methyl/N-ethyl adjacent to an activating group) is 1. The molecule has 0 saturated heterocycles. The van der Waals surface area contributed by atoms with Gasteiger partial charge in [-0.3, -0.25) is 9.59 Å². The number of nitrogens with zero attached hydrogens (tertiary/aromatic N) is 1. The minimum Gasteiger partial charge on any atom is -0.495 e. The molecule has 2 aromatic rings. The van der Waals surface area contributed by atoms with Crippen molar-refractivity contribution in [2.45, 2.75) is 0 Å². The highest BCUT2D eigenvalue weighted by molar-refractivity contribution is 6.31. The number of hydrogen-bond donors (Lipinski definition) is 2. The van der Waals surface area contributed by atoms with Crippen LogP contribution in [0.25, 0.3) is 0 Å². The van der Waals surface area contributed by atoms with Gasteiger partial charge in [0.1, 0.15) is 5.75 Å². The summed E-state index contributed by atoms with van der Waals surface area (Å²) in [5.74, 6) is -0.0734. The Bertz CT molecular complexity index is 793. The van der Waals surface area contributed by atoms with Crippen molar-refractivity contribution < 1.29 is 14.3 Å². The number of nitrogens with one attached hydrogen (secondary N) is 2. The Morgan fingerprint density at radius 2 is 1.77 bits per heavy atom. The van der Waals surface area contributed by atoms with Gasteiger partial charge >= 0.3 is 0 Å². The summed E-state index contributed by atoms with van der Waals surface area (Å²) in [6.45, 7) is 1.27. The average Bonchev–Trinajstić information content (AvgIpc) is 2.61. The Hall–Kier alpha value is -2.57. The van der Waals surface area contributed by atoms with Gasteiger partial charge in [-0.25, -0.2) is 0 Å². The van der Waals surface area contributed by atoms with Crippen molar-refractivity contribution in [1.29, 1.82) is 0 Å². The molecule has 6 nitrogen and oxygen atoms in total. The number of hydrogen-bond acceptors (Lipinski definition) is 4. The van der Waals surface area contributed by atoms with E-state index in [0.29, 0.717) is 34.1 Å². The summed E-state index contributed by atoms with van der Waals surface area (Å²) in [6.07, 6.45) is 0. The van der Waals surface area contributed by atoms with Crippen molar-refractivity contribution in [2.75, 3.05) is 39.6 Å². The molecule has 0 saturated carbocycles. The van der Waals surface area contributed by atoms with Gasteiger partial charge in [-0.05, 0) is 50.5 Å². The zero-order valence-electron chi connectivity index (χ0n) is 15.0. The van der Waals surface area contributed by atoms with E-state index in [-0.39, 0.29) is 11.8 Å². The van der Waals surface area contributed by atoms with E-state index >= 15 is 0 Å². The van der Waals surface area contributed by atoms with Crippen LogP contribution in [0, 0.1) is 0 Å². The van der Waals surface area contributed by atoms with Crippen LogP contribution in [0.1, 0.15) is 20.7 Å². The Balaban J connectivity index is 2.10. The first-order chi connectivity index (χ1) is 12.4. The van der Waals surface area contributed by atoms with Crippen LogP contribution in [-0.4, -0.2) is 51.0 Å². The van der Waals surface area contributed by atoms with Gasteiger partial charge in [0.25, 0.3) is 11.8 Å². The third kappa shape index (κ3) is 5.47. The lowest BCUT2D eigenvalue weighted by Crippen LogP contribution is -2.31. The molecule has 0 atom stereocenters. The predicted molar refractivity (Wildman–Crippen MR) is 103 cm³/mol. The summed E-state index contributed by atoms with van der Waals surface area (Å²) < 4.78 is 5.22. The molecule has 0 spiro atoms. The van der Waals surface area contributed by atoms with Crippen LogP contribution >= 0.6 is 11.6 Å². The zero-order valence-corrected chi connectivity index (χ0v) is 15.8. The second kappa shape index (κ2) is 9.22. The van der Waals surface area contributed by atoms with Crippen molar-refractivity contribution in [2.24, 2.45) is 0 Å². The van der Waals surface area contributed by atoms with Crippen molar-refractivity contribution in [1.82, 2.24) is 10.2 Å². The Kier molecular flexibility index (Phi) is 7.00. The second-order valence-corrected chi connectivity index (χ2v) is 6.38. The van der Waals surface area contributed by atoms with E-state index in [1.807, 2.05) is 19.0 Å². The smallest absolute Gasteiger partial charge is 0.255 e. The molecule has 2 N–H and O–H groups in total. The van der Waals surface area contributed by atoms with Gasteiger partial charge in [0.15, 0.2) is 0 Å². The van der Waals surface area contributed by atoms with Gasteiger partial charge in [-0.15, -0.1) is 0 Å². The molecule has 7 heteroatoms. The first-order valence-electron chi connectivity index (χ1n) is 8.08. The van der Waals surface area contributed by atoms with Gasteiger partial charge in [0, 0.05) is 29.2 Å².